The van der Waals surface area contributed by atoms with Gasteiger partial charge in [0.05, 0.1) is 24.8 Å². The van der Waals surface area contributed by atoms with Gasteiger partial charge in [0.2, 0.25) is 5.91 Å². The lowest BCUT2D eigenvalue weighted by Crippen LogP contribution is -2.11. The van der Waals surface area contributed by atoms with E-state index >= 15 is 0 Å². The first-order valence-corrected chi connectivity index (χ1v) is 16.0. The van der Waals surface area contributed by atoms with Gasteiger partial charge >= 0.3 is 6.61 Å². The summed E-state index contributed by atoms with van der Waals surface area (Å²) >= 11 is -1.28. The minimum Gasteiger partial charge on any atom is -0.611 e. The Balaban J connectivity index is 1.39. The van der Waals surface area contributed by atoms with Gasteiger partial charge in [0.15, 0.2) is 10.6 Å². The molecule has 0 saturated carbocycles. The second-order valence-electron chi connectivity index (χ2n) is 10.0. The lowest BCUT2D eigenvalue weighted by molar-refractivity contribution is -0.111. The SMILES string of the molecule is CCCOCCOc1ccc(-c2ccc(OC(F)F)c(/C=C/C(=O)Nc3ccc([S@+]([O-])Cc4cncn4CCC)cc3)c2)cc1. The number of nitrogens with zero attached hydrogens (tertiary/aromatic N) is 2. The van der Waals surface area contributed by atoms with Crippen LogP contribution in [0.4, 0.5) is 14.5 Å². The number of anilines is 1. The number of carbonyl (C=O) groups is 1. The van der Waals surface area contributed by atoms with Crippen molar-refractivity contribution in [3.8, 4) is 22.6 Å². The number of halogens is 2. The summed E-state index contributed by atoms with van der Waals surface area (Å²) in [5, 5.41) is 2.74. The highest BCUT2D eigenvalue weighted by molar-refractivity contribution is 7.90. The highest BCUT2D eigenvalue weighted by Crippen LogP contribution is 2.30. The zero-order valence-corrected chi connectivity index (χ0v) is 26.1. The van der Waals surface area contributed by atoms with E-state index in [2.05, 4.69) is 22.0 Å². The molecule has 238 valence electrons. The number of hydrogen-bond acceptors (Lipinski definition) is 6. The van der Waals surface area contributed by atoms with Crippen molar-refractivity contribution >= 4 is 28.8 Å². The molecule has 3 aromatic carbocycles. The summed E-state index contributed by atoms with van der Waals surface area (Å²) < 4.78 is 56.9. The molecule has 0 aliphatic heterocycles. The smallest absolute Gasteiger partial charge is 0.387 e. The number of alkyl halides is 2. The molecule has 4 aromatic rings. The van der Waals surface area contributed by atoms with Crippen LogP contribution in [-0.2, 0) is 33.0 Å². The Morgan fingerprint density at radius 1 is 1.00 bits per heavy atom. The van der Waals surface area contributed by atoms with Crippen molar-refractivity contribution in [2.45, 2.75) is 50.5 Å². The van der Waals surface area contributed by atoms with E-state index in [0.717, 1.165) is 36.2 Å². The van der Waals surface area contributed by atoms with Crippen molar-refractivity contribution in [3.05, 3.63) is 96.6 Å². The van der Waals surface area contributed by atoms with Crippen molar-refractivity contribution < 1.29 is 32.3 Å². The molecule has 4 rings (SSSR count). The van der Waals surface area contributed by atoms with Crippen LogP contribution in [0.25, 0.3) is 17.2 Å². The third-order valence-electron chi connectivity index (χ3n) is 6.60. The topological polar surface area (TPSA) is 97.7 Å². The molecular weight excluding hydrogens is 600 g/mol. The van der Waals surface area contributed by atoms with Crippen LogP contribution in [0, 0.1) is 0 Å². The van der Waals surface area contributed by atoms with E-state index < -0.39 is 23.7 Å². The molecule has 0 aliphatic carbocycles. The van der Waals surface area contributed by atoms with Crippen LogP contribution in [0.5, 0.6) is 11.5 Å². The third-order valence-corrected chi connectivity index (χ3v) is 7.96. The molecule has 0 bridgehead atoms. The quantitative estimate of drug-likeness (QED) is 0.0740. The van der Waals surface area contributed by atoms with Crippen molar-refractivity contribution in [1.29, 1.82) is 0 Å². The highest BCUT2D eigenvalue weighted by atomic mass is 32.2. The van der Waals surface area contributed by atoms with E-state index in [1.807, 2.05) is 35.8 Å². The molecule has 8 nitrogen and oxygen atoms in total. The second-order valence-corrected chi connectivity index (χ2v) is 11.5. The first-order chi connectivity index (χ1) is 21.9. The zero-order valence-electron chi connectivity index (χ0n) is 25.3. The number of imidazole rings is 1. The van der Waals surface area contributed by atoms with Gasteiger partial charge in [0.25, 0.3) is 0 Å². The van der Waals surface area contributed by atoms with Gasteiger partial charge in [0, 0.05) is 30.5 Å². The molecule has 0 spiro atoms. The minimum atomic E-state index is -3.02. The zero-order chi connectivity index (χ0) is 32.0. The van der Waals surface area contributed by atoms with Gasteiger partial charge in [-0.25, -0.2) is 4.98 Å². The summed E-state index contributed by atoms with van der Waals surface area (Å²) in [5.41, 5.74) is 3.28. The van der Waals surface area contributed by atoms with Gasteiger partial charge in [-0.2, -0.15) is 8.78 Å². The number of hydrogen-bond donors (Lipinski definition) is 1. The van der Waals surface area contributed by atoms with Gasteiger partial charge in [-0.1, -0.05) is 32.0 Å². The molecule has 0 aliphatic rings. The minimum absolute atomic E-state index is 0.0584. The van der Waals surface area contributed by atoms with Crippen LogP contribution in [-0.4, -0.2) is 46.4 Å². The Morgan fingerprint density at radius 2 is 1.76 bits per heavy atom. The Hall–Kier alpha value is -4.19. The van der Waals surface area contributed by atoms with Crippen LogP contribution in [0.15, 0.2) is 90.2 Å². The van der Waals surface area contributed by atoms with E-state index in [9.17, 15) is 18.1 Å². The number of ether oxygens (including phenoxy) is 3. The van der Waals surface area contributed by atoms with Crippen molar-refractivity contribution in [3.63, 3.8) is 0 Å². The molecule has 0 saturated heterocycles. The summed E-state index contributed by atoms with van der Waals surface area (Å²) in [4.78, 5) is 17.5. The number of rotatable bonds is 17. The summed E-state index contributed by atoms with van der Waals surface area (Å²) in [6, 6.07) is 18.9. The summed E-state index contributed by atoms with van der Waals surface area (Å²) in [6.45, 7) is 3.53. The van der Waals surface area contributed by atoms with E-state index in [4.69, 9.17) is 9.47 Å². The van der Waals surface area contributed by atoms with Crippen LogP contribution in [0.1, 0.15) is 37.9 Å². The lowest BCUT2D eigenvalue weighted by atomic mass is 10.0. The van der Waals surface area contributed by atoms with Gasteiger partial charge in [-0.05, 0) is 89.8 Å². The van der Waals surface area contributed by atoms with Crippen molar-refractivity contribution in [1.82, 2.24) is 9.55 Å². The predicted octanol–water partition coefficient (Wildman–Crippen LogP) is 7.33. The van der Waals surface area contributed by atoms with Crippen LogP contribution >= 0.6 is 0 Å². The standard InChI is InChI=1S/C34H37F2N3O5S/c1-3-17-39-24-37-22-29(39)23-45(41)31-13-9-28(10-14-31)38-33(40)16-8-27-21-26(7-15-32(27)44-34(35)36)25-5-11-30(12-6-25)43-20-19-42-18-4-2/h5-16,21-22,24,34H,3-4,17-20,23H2,1-2H3,(H,38,40)/b16-8+/t45-/m1/s1. The van der Waals surface area contributed by atoms with Crippen LogP contribution in [0.2, 0.25) is 0 Å². The second kappa shape index (κ2) is 17.3. The molecule has 0 radical (unpaired) electrons. The number of benzene rings is 3. The van der Waals surface area contributed by atoms with Gasteiger partial charge in [0.1, 0.15) is 18.1 Å². The van der Waals surface area contributed by atoms with Crippen LogP contribution < -0.4 is 14.8 Å². The molecule has 1 heterocycles. The van der Waals surface area contributed by atoms with E-state index in [-0.39, 0.29) is 5.75 Å². The molecule has 0 fully saturated rings. The number of carbonyl (C=O) groups excluding carboxylic acids is 1. The Morgan fingerprint density at radius 3 is 2.47 bits per heavy atom. The Bertz CT molecular complexity index is 1530. The molecular formula is C34H37F2N3O5S. The fourth-order valence-corrected chi connectivity index (χ4v) is 5.55. The monoisotopic (exact) mass is 637 g/mol. The molecule has 1 amide bonds. The average molecular weight is 638 g/mol. The number of nitrogens with one attached hydrogen (secondary N) is 1. The summed E-state index contributed by atoms with van der Waals surface area (Å²) in [6.07, 6.45) is 8.03. The number of aromatic nitrogens is 2. The maximum atomic E-state index is 13.1. The molecule has 1 atom stereocenters. The number of aryl methyl sites for hydroxylation is 1. The summed E-state index contributed by atoms with van der Waals surface area (Å²) in [7, 11) is 0. The normalized spacial score (nSPS) is 12.0. The Kier molecular flexibility index (Phi) is 13.0. The van der Waals surface area contributed by atoms with Gasteiger partial charge < -0.3 is 28.6 Å². The maximum Gasteiger partial charge on any atom is 0.387 e. The largest absolute Gasteiger partial charge is 0.611 e. The maximum absolute atomic E-state index is 13.1. The van der Waals surface area contributed by atoms with Crippen molar-refractivity contribution in [2.24, 2.45) is 0 Å². The van der Waals surface area contributed by atoms with E-state index in [0.29, 0.717) is 47.5 Å². The molecule has 1 aromatic heterocycles. The number of amides is 1. The average Bonchev–Trinajstić information content (AvgIpc) is 3.47. The Labute approximate surface area is 265 Å². The van der Waals surface area contributed by atoms with Crippen LogP contribution in [0.3, 0.4) is 0 Å². The summed E-state index contributed by atoms with van der Waals surface area (Å²) in [5.74, 6) is 0.498. The lowest BCUT2D eigenvalue weighted by Gasteiger charge is -2.12. The van der Waals surface area contributed by atoms with Crippen molar-refractivity contribution in [2.75, 3.05) is 25.1 Å². The predicted molar refractivity (Wildman–Crippen MR) is 172 cm³/mol. The van der Waals surface area contributed by atoms with E-state index in [1.54, 1.807) is 48.9 Å². The van der Waals surface area contributed by atoms with Gasteiger partial charge in [-0.15, -0.1) is 0 Å². The first-order valence-electron chi connectivity index (χ1n) is 14.7. The third kappa shape index (κ3) is 10.4. The fourth-order valence-electron chi connectivity index (χ4n) is 4.44. The van der Waals surface area contributed by atoms with E-state index in [1.165, 1.54) is 18.2 Å². The fraction of sp³-hybridized carbons (Fsp3) is 0.294. The first kappa shape index (κ1) is 33.7. The van der Waals surface area contributed by atoms with Gasteiger partial charge in [-0.3, -0.25) is 4.79 Å². The molecule has 1 N–H and O–H groups in total. The molecule has 45 heavy (non-hydrogen) atoms. The molecule has 0 unspecified atom stereocenters. The molecule has 11 heteroatoms. The highest BCUT2D eigenvalue weighted by Gasteiger charge is 2.15.